The zero-order valence-electron chi connectivity index (χ0n) is 25.1. The molecule has 1 saturated carbocycles. The molecular weight excluding hydrogens is 556 g/mol. The Morgan fingerprint density at radius 3 is 2.57 bits per heavy atom. The molecule has 1 aromatic rings. The van der Waals surface area contributed by atoms with Crippen molar-refractivity contribution in [2.75, 3.05) is 31.8 Å². The van der Waals surface area contributed by atoms with Gasteiger partial charge in [0, 0.05) is 45.5 Å². The largest absolute Gasteiger partial charge is 0.481 e. The monoisotopic (exact) mass is 606 g/mol. The molecule has 0 spiro atoms. The van der Waals surface area contributed by atoms with Gasteiger partial charge in [-0.2, -0.15) is 11.8 Å². The second-order valence-corrected chi connectivity index (χ2v) is 13.0. The summed E-state index contributed by atoms with van der Waals surface area (Å²) in [5, 5.41) is 20.1. The molecule has 3 aliphatic rings. The Hall–Kier alpha value is -1.46. The minimum absolute atomic E-state index is 0.0309. The lowest BCUT2D eigenvalue weighted by atomic mass is 9.90. The Morgan fingerprint density at radius 1 is 1.10 bits per heavy atom. The fourth-order valence-corrected chi connectivity index (χ4v) is 7.22. The van der Waals surface area contributed by atoms with Crippen LogP contribution in [0.3, 0.4) is 0 Å². The summed E-state index contributed by atoms with van der Waals surface area (Å²) < 4.78 is 30.2. The third-order valence-electron chi connectivity index (χ3n) is 8.38. The van der Waals surface area contributed by atoms with Gasteiger partial charge in [-0.25, -0.2) is 0 Å². The highest BCUT2D eigenvalue weighted by molar-refractivity contribution is 7.99. The molecule has 2 saturated heterocycles. The molecule has 8 nitrogen and oxygen atoms in total. The lowest BCUT2D eigenvalue weighted by molar-refractivity contribution is -0.193. The van der Waals surface area contributed by atoms with Crippen molar-refractivity contribution in [3.63, 3.8) is 0 Å². The average molecular weight is 607 g/mol. The summed E-state index contributed by atoms with van der Waals surface area (Å²) in [4.78, 5) is 10.8. The number of hydrogen-bond acceptors (Lipinski definition) is 8. The number of ether oxygens (including phenoxy) is 5. The number of aliphatic hydroxyl groups excluding tert-OH is 1. The Morgan fingerprint density at radius 2 is 1.86 bits per heavy atom. The first kappa shape index (κ1) is 33.4. The van der Waals surface area contributed by atoms with Crippen LogP contribution in [0, 0.1) is 11.8 Å². The highest BCUT2D eigenvalue weighted by Gasteiger charge is 2.42. The minimum Gasteiger partial charge on any atom is -0.481 e. The molecular formula is C33H50O8S. The van der Waals surface area contributed by atoms with Crippen molar-refractivity contribution in [3.05, 3.63) is 47.5 Å². The molecule has 2 heterocycles. The van der Waals surface area contributed by atoms with Gasteiger partial charge in [-0.15, -0.1) is 0 Å². The van der Waals surface area contributed by atoms with Crippen LogP contribution >= 0.6 is 11.8 Å². The van der Waals surface area contributed by atoms with Crippen molar-refractivity contribution in [3.8, 4) is 0 Å². The van der Waals surface area contributed by atoms with E-state index in [0.717, 1.165) is 75.2 Å². The predicted octanol–water partition coefficient (Wildman–Crippen LogP) is 5.74. The third-order valence-corrected chi connectivity index (χ3v) is 9.48. The smallest absolute Gasteiger partial charge is 0.303 e. The molecule has 0 amide bonds. The van der Waals surface area contributed by atoms with E-state index in [9.17, 15) is 9.90 Å². The van der Waals surface area contributed by atoms with Crippen molar-refractivity contribution in [1.29, 1.82) is 0 Å². The molecule has 236 valence electrons. The molecule has 0 bridgehead atoms. The molecule has 3 fully saturated rings. The van der Waals surface area contributed by atoms with Crippen LogP contribution < -0.4 is 0 Å². The summed E-state index contributed by atoms with van der Waals surface area (Å²) in [7, 11) is 1.71. The molecule has 2 N–H and O–H groups in total. The van der Waals surface area contributed by atoms with Crippen LogP contribution in [-0.2, 0) is 41.5 Å². The van der Waals surface area contributed by atoms with Gasteiger partial charge in [0.05, 0.1) is 24.9 Å². The highest BCUT2D eigenvalue weighted by Crippen LogP contribution is 2.40. The first-order valence-electron chi connectivity index (χ1n) is 15.8. The van der Waals surface area contributed by atoms with E-state index in [1.54, 1.807) is 18.9 Å². The quantitative estimate of drug-likeness (QED) is 0.170. The lowest BCUT2D eigenvalue weighted by Gasteiger charge is -2.30. The van der Waals surface area contributed by atoms with E-state index < -0.39 is 12.1 Å². The maximum atomic E-state index is 11.2. The third kappa shape index (κ3) is 11.2. The number of carbonyl (C=O) groups is 1. The fourth-order valence-electron chi connectivity index (χ4n) is 6.23. The second-order valence-electron chi connectivity index (χ2n) is 11.7. The average Bonchev–Trinajstić information content (AvgIpc) is 3.28. The molecule has 2 unspecified atom stereocenters. The van der Waals surface area contributed by atoms with Gasteiger partial charge in [0.25, 0.3) is 0 Å². The van der Waals surface area contributed by atoms with Gasteiger partial charge >= 0.3 is 5.97 Å². The number of aliphatic carboxylic acids is 1. The molecule has 42 heavy (non-hydrogen) atoms. The summed E-state index contributed by atoms with van der Waals surface area (Å²) in [6.07, 6.45) is 12.3. The van der Waals surface area contributed by atoms with Crippen LogP contribution in [0.5, 0.6) is 0 Å². The molecule has 0 radical (unpaired) electrons. The van der Waals surface area contributed by atoms with Gasteiger partial charge in [-0.05, 0) is 79.9 Å². The Labute approximate surface area is 255 Å². The summed E-state index contributed by atoms with van der Waals surface area (Å²) in [5.41, 5.74) is 2.31. The van der Waals surface area contributed by atoms with Gasteiger partial charge in [-0.1, -0.05) is 36.4 Å². The number of benzene rings is 1. The Kier molecular flexibility index (Phi) is 14.6. The molecule has 1 aromatic carbocycles. The van der Waals surface area contributed by atoms with Crippen LogP contribution in [0.1, 0.15) is 75.3 Å². The summed E-state index contributed by atoms with van der Waals surface area (Å²) >= 11 is 1.76. The Balaban J connectivity index is 1.47. The predicted molar refractivity (Wildman–Crippen MR) is 163 cm³/mol. The number of methoxy groups -OCH3 is 1. The fraction of sp³-hybridized carbons (Fsp3) is 0.727. The van der Waals surface area contributed by atoms with E-state index in [-0.39, 0.29) is 43.0 Å². The van der Waals surface area contributed by atoms with E-state index in [4.69, 9.17) is 28.8 Å². The second kappa shape index (κ2) is 18.4. The number of carboxylic acids is 1. The lowest BCUT2D eigenvalue weighted by Crippen LogP contribution is -2.31. The number of rotatable bonds is 17. The van der Waals surface area contributed by atoms with Crippen LogP contribution in [0.4, 0.5) is 0 Å². The summed E-state index contributed by atoms with van der Waals surface area (Å²) in [6.45, 7) is 2.01. The van der Waals surface area contributed by atoms with Gasteiger partial charge < -0.3 is 33.9 Å². The van der Waals surface area contributed by atoms with E-state index in [1.165, 1.54) is 5.56 Å². The maximum absolute atomic E-state index is 11.2. The van der Waals surface area contributed by atoms with Gasteiger partial charge in [0.2, 0.25) is 0 Å². The van der Waals surface area contributed by atoms with Crippen LogP contribution in [0.2, 0.25) is 0 Å². The number of hydrogen-bond donors (Lipinski definition) is 2. The molecule has 0 aromatic heterocycles. The SMILES string of the molecule is COCc1cccc(C[C@@H](C=C[C@@H]2[C@@H](CCSCCCC(=O)O)[C@@H](O)C[C@H]2OC2CCCCO2)OC2CCCCO2)c1. The topological polar surface area (TPSA) is 104 Å². The first-order valence-corrected chi connectivity index (χ1v) is 16.9. The van der Waals surface area contributed by atoms with E-state index in [2.05, 4.69) is 36.4 Å². The van der Waals surface area contributed by atoms with Crippen LogP contribution in [-0.4, -0.2) is 78.9 Å². The Bertz CT molecular complexity index is 946. The van der Waals surface area contributed by atoms with Crippen molar-refractivity contribution in [2.24, 2.45) is 11.8 Å². The highest BCUT2D eigenvalue weighted by atomic mass is 32.2. The van der Waals surface area contributed by atoms with Crippen molar-refractivity contribution in [2.45, 2.75) is 108 Å². The normalized spacial score (nSPS) is 29.2. The van der Waals surface area contributed by atoms with E-state index in [0.29, 0.717) is 25.9 Å². The number of aliphatic hydroxyl groups is 1. The van der Waals surface area contributed by atoms with Gasteiger partial charge in [0.15, 0.2) is 12.6 Å². The van der Waals surface area contributed by atoms with Crippen molar-refractivity contribution in [1.82, 2.24) is 0 Å². The molecule has 4 rings (SSSR count). The van der Waals surface area contributed by atoms with Gasteiger partial charge in [-0.3, -0.25) is 4.79 Å². The zero-order chi connectivity index (χ0) is 29.6. The van der Waals surface area contributed by atoms with Gasteiger partial charge in [0.1, 0.15) is 0 Å². The number of carboxylic acid groups (broad SMARTS) is 1. The number of thioether (sulfide) groups is 1. The van der Waals surface area contributed by atoms with E-state index >= 15 is 0 Å². The minimum atomic E-state index is -0.752. The standard InChI is InChI=1S/C33H50O8S/c1-37-23-25-9-6-8-24(20-25)21-26(40-32-11-2-4-16-38-32)13-14-28-27(15-19-42-18-7-10-31(35)36)29(34)22-30(28)41-33-12-3-5-17-39-33/h6,8-9,13-14,20,26-30,32-34H,2-5,7,10-12,15-19,21-23H2,1H3,(H,35,36)/t26-,27-,28-,29+,30-,32?,33?/m1/s1. The zero-order valence-corrected chi connectivity index (χ0v) is 25.9. The molecule has 2 aliphatic heterocycles. The summed E-state index contributed by atoms with van der Waals surface area (Å²) in [6, 6.07) is 8.43. The molecule has 9 heteroatoms. The van der Waals surface area contributed by atoms with Crippen molar-refractivity contribution < 1.29 is 38.7 Å². The van der Waals surface area contributed by atoms with Crippen molar-refractivity contribution >= 4 is 17.7 Å². The van der Waals surface area contributed by atoms with E-state index in [1.807, 2.05) is 0 Å². The first-order chi connectivity index (χ1) is 20.5. The molecule has 1 aliphatic carbocycles. The maximum Gasteiger partial charge on any atom is 0.303 e. The van der Waals surface area contributed by atoms with Crippen LogP contribution in [0.15, 0.2) is 36.4 Å². The summed E-state index contributed by atoms with van der Waals surface area (Å²) in [5.74, 6) is 1.02. The molecule has 7 atom stereocenters. The van der Waals surface area contributed by atoms with Crippen LogP contribution in [0.25, 0.3) is 0 Å².